The van der Waals surface area contributed by atoms with E-state index in [9.17, 15) is 44.3 Å². The highest BCUT2D eigenvalue weighted by molar-refractivity contribution is 6.07. The van der Waals surface area contributed by atoms with Crippen molar-refractivity contribution < 1.29 is 44.3 Å². The molecular weight excluding hydrogens is 407 g/mol. The predicted molar refractivity (Wildman–Crippen MR) is 80.1 cm³/mol. The number of aromatic nitrogens is 1. The lowest BCUT2D eigenvalue weighted by atomic mass is 9.82. The van der Waals surface area contributed by atoms with Gasteiger partial charge in [-0.2, -0.15) is 39.5 Å². The third kappa shape index (κ3) is 4.41. The van der Waals surface area contributed by atoms with E-state index in [1.54, 1.807) is 0 Å². The number of nitrogens with two attached hydrogens (primary N) is 1. The summed E-state index contributed by atoms with van der Waals surface area (Å²) >= 11 is 0. The number of hydrogen-bond acceptors (Lipinski definition) is 3. The molecule has 1 heterocycles. The smallest absolute Gasteiger partial charge is 0.402 e. The number of allylic oxidation sites excluding steroid dienone is 2. The average Bonchev–Trinajstić information content (AvgIpc) is 2.41. The monoisotopic (exact) mass is 422 g/mol. The Hall–Kier alpha value is -2.27. The quantitative estimate of drug-likeness (QED) is 0.314. The number of nitrogens with zero attached hydrogens (tertiary/aromatic N) is 1. The number of rotatable bonds is 3. The van der Waals surface area contributed by atoms with E-state index in [1.807, 2.05) is 0 Å². The van der Waals surface area contributed by atoms with Crippen LogP contribution in [0.2, 0.25) is 0 Å². The Morgan fingerprint density at radius 3 is 1.75 bits per heavy atom. The molecule has 0 aliphatic rings. The number of carbonyl (C=O) groups is 1. The maximum absolute atomic E-state index is 14.1. The van der Waals surface area contributed by atoms with E-state index in [-0.39, 0.29) is 5.70 Å². The van der Waals surface area contributed by atoms with Gasteiger partial charge in [0.15, 0.2) is 5.78 Å². The first-order valence-electron chi connectivity index (χ1n) is 7.47. The first-order chi connectivity index (χ1) is 12.2. The van der Waals surface area contributed by atoms with Gasteiger partial charge in [0.1, 0.15) is 5.56 Å². The van der Waals surface area contributed by atoms with Crippen LogP contribution in [-0.4, -0.2) is 16.9 Å². The van der Waals surface area contributed by atoms with E-state index in [2.05, 4.69) is 4.98 Å². The Morgan fingerprint density at radius 2 is 1.43 bits per heavy atom. The summed E-state index contributed by atoms with van der Waals surface area (Å²) in [6.07, 6.45) is -12.2. The fourth-order valence-corrected chi connectivity index (χ4v) is 2.33. The van der Waals surface area contributed by atoms with Gasteiger partial charge in [-0.25, -0.2) is 4.98 Å². The maximum atomic E-state index is 14.1. The summed E-state index contributed by atoms with van der Waals surface area (Å²) in [6.45, 7) is 4.49. The van der Waals surface area contributed by atoms with Crippen molar-refractivity contribution in [1.29, 1.82) is 0 Å². The largest absolute Gasteiger partial charge is 0.458 e. The minimum atomic E-state index is -6.55. The summed E-state index contributed by atoms with van der Waals surface area (Å²) in [5, 5.41) is 0. The van der Waals surface area contributed by atoms with E-state index in [0.29, 0.717) is 6.08 Å². The van der Waals surface area contributed by atoms with Crippen LogP contribution < -0.4 is 5.73 Å². The lowest BCUT2D eigenvalue weighted by Gasteiger charge is -2.29. The number of ketones is 1. The lowest BCUT2D eigenvalue weighted by molar-refractivity contribution is -0.291. The van der Waals surface area contributed by atoms with Crippen molar-refractivity contribution >= 4 is 5.78 Å². The summed E-state index contributed by atoms with van der Waals surface area (Å²) in [7, 11) is 0. The summed E-state index contributed by atoms with van der Waals surface area (Å²) in [5.41, 5.74) is -5.25. The molecule has 0 saturated heterocycles. The SMILES string of the molecule is C/C(N)=C\C(=O)c1c(C(C)(C)C)nc(F)c(C(F)(F)F)c1C(F)(F)C(F)(F)F. The zero-order chi connectivity index (χ0) is 22.5. The van der Waals surface area contributed by atoms with Crippen molar-refractivity contribution in [3.8, 4) is 0 Å². The third-order valence-corrected chi connectivity index (χ3v) is 3.42. The second-order valence-electron chi connectivity index (χ2n) is 6.95. The van der Waals surface area contributed by atoms with Gasteiger partial charge in [0.2, 0.25) is 5.95 Å². The molecule has 0 aliphatic carbocycles. The van der Waals surface area contributed by atoms with Gasteiger partial charge in [0.05, 0.1) is 16.8 Å². The molecule has 3 nitrogen and oxygen atoms in total. The highest BCUT2D eigenvalue weighted by Gasteiger charge is 2.64. The van der Waals surface area contributed by atoms with Crippen LogP contribution in [0.3, 0.4) is 0 Å². The van der Waals surface area contributed by atoms with E-state index in [0.717, 1.165) is 27.7 Å². The molecule has 1 aromatic heterocycles. The minimum Gasteiger partial charge on any atom is -0.402 e. The van der Waals surface area contributed by atoms with Gasteiger partial charge in [0.25, 0.3) is 0 Å². The van der Waals surface area contributed by atoms with Gasteiger partial charge in [-0.05, 0) is 6.92 Å². The number of halogens is 9. The fraction of sp³-hybridized carbons (Fsp3) is 0.500. The second-order valence-corrected chi connectivity index (χ2v) is 6.95. The Morgan fingerprint density at radius 1 is 0.964 bits per heavy atom. The molecule has 0 spiro atoms. The molecule has 158 valence electrons. The third-order valence-electron chi connectivity index (χ3n) is 3.42. The first kappa shape index (κ1) is 23.8. The molecule has 0 fully saturated rings. The van der Waals surface area contributed by atoms with E-state index >= 15 is 0 Å². The molecular formula is C16H15F9N2O. The fourth-order valence-electron chi connectivity index (χ4n) is 2.33. The Labute approximate surface area is 153 Å². The molecule has 1 rings (SSSR count). The van der Waals surface area contributed by atoms with Crippen molar-refractivity contribution in [2.75, 3.05) is 0 Å². The molecule has 12 heteroatoms. The van der Waals surface area contributed by atoms with Crippen molar-refractivity contribution in [3.63, 3.8) is 0 Å². The normalized spacial score (nSPS) is 14.4. The molecule has 0 amide bonds. The highest BCUT2D eigenvalue weighted by Crippen LogP contribution is 2.51. The van der Waals surface area contributed by atoms with Crippen molar-refractivity contribution in [3.05, 3.63) is 40.1 Å². The zero-order valence-corrected chi connectivity index (χ0v) is 14.9. The van der Waals surface area contributed by atoms with Crippen LogP contribution in [0.1, 0.15) is 54.9 Å². The van der Waals surface area contributed by atoms with Gasteiger partial charge in [-0.1, -0.05) is 20.8 Å². The topological polar surface area (TPSA) is 56.0 Å². The molecule has 0 aliphatic heterocycles. The van der Waals surface area contributed by atoms with E-state index in [1.165, 1.54) is 0 Å². The van der Waals surface area contributed by atoms with Crippen LogP contribution in [0.5, 0.6) is 0 Å². The van der Waals surface area contributed by atoms with Gasteiger partial charge >= 0.3 is 18.3 Å². The van der Waals surface area contributed by atoms with Crippen LogP contribution >= 0.6 is 0 Å². The number of alkyl halides is 8. The molecule has 0 saturated carbocycles. The molecule has 0 aromatic carbocycles. The summed E-state index contributed by atoms with van der Waals surface area (Å²) in [5.74, 6) is -10.5. The van der Waals surface area contributed by atoms with Gasteiger partial charge in [0, 0.05) is 17.2 Å². The van der Waals surface area contributed by atoms with Crippen LogP contribution in [0, 0.1) is 5.95 Å². The Bertz CT molecular complexity index is 811. The van der Waals surface area contributed by atoms with Crippen LogP contribution in [-0.2, 0) is 17.5 Å². The number of carbonyl (C=O) groups excluding carboxylic acids is 1. The molecule has 0 atom stereocenters. The number of pyridine rings is 1. The molecule has 0 unspecified atom stereocenters. The second kappa shape index (κ2) is 6.96. The Kier molecular flexibility index (Phi) is 5.91. The van der Waals surface area contributed by atoms with Gasteiger partial charge in [-0.15, -0.1) is 0 Å². The van der Waals surface area contributed by atoms with E-state index in [4.69, 9.17) is 5.73 Å². The number of hydrogen-bond donors (Lipinski definition) is 1. The van der Waals surface area contributed by atoms with Crippen LogP contribution in [0.25, 0.3) is 0 Å². The first-order valence-corrected chi connectivity index (χ1v) is 7.47. The van der Waals surface area contributed by atoms with Gasteiger partial charge < -0.3 is 5.73 Å². The van der Waals surface area contributed by atoms with Crippen molar-refractivity contribution in [2.45, 2.75) is 51.4 Å². The van der Waals surface area contributed by atoms with Crippen molar-refractivity contribution in [1.82, 2.24) is 4.98 Å². The summed E-state index contributed by atoms with van der Waals surface area (Å²) in [6, 6.07) is 0. The predicted octanol–water partition coefficient (Wildman–Crippen LogP) is 5.24. The van der Waals surface area contributed by atoms with Crippen LogP contribution in [0.15, 0.2) is 11.8 Å². The summed E-state index contributed by atoms with van der Waals surface area (Å²) < 4.78 is 121. The molecule has 0 bridgehead atoms. The van der Waals surface area contributed by atoms with Gasteiger partial charge in [-0.3, -0.25) is 4.79 Å². The van der Waals surface area contributed by atoms with Crippen LogP contribution in [0.4, 0.5) is 39.5 Å². The lowest BCUT2D eigenvalue weighted by Crippen LogP contribution is -2.39. The average molecular weight is 422 g/mol. The Balaban J connectivity index is 4.35. The summed E-state index contributed by atoms with van der Waals surface area (Å²) in [4.78, 5) is 15.2. The molecule has 28 heavy (non-hydrogen) atoms. The molecule has 1 aromatic rings. The standard InChI is InChI=1S/C16H15F9N2O/c1-6(26)5-7(28)8-9(14(18,19)16(23,24)25)10(15(20,21)22)12(17)27-11(8)13(2,3)4/h5H,26H2,1-4H3/b6-5+. The van der Waals surface area contributed by atoms with E-state index < -0.39 is 57.8 Å². The highest BCUT2D eigenvalue weighted by atomic mass is 19.4. The zero-order valence-electron chi connectivity index (χ0n) is 14.9. The van der Waals surface area contributed by atoms with Crippen molar-refractivity contribution in [2.24, 2.45) is 5.73 Å². The molecule has 2 N–H and O–H groups in total. The maximum Gasteiger partial charge on any atom is 0.458 e. The minimum absolute atomic E-state index is 0.361. The molecule has 0 radical (unpaired) electrons.